The maximum absolute atomic E-state index is 3.86. The van der Waals surface area contributed by atoms with Gasteiger partial charge in [0.1, 0.15) is 0 Å². The molecule has 2 atom stereocenters. The predicted octanol–water partition coefficient (Wildman–Crippen LogP) is 3.85. The van der Waals surface area contributed by atoms with Crippen LogP contribution in [0.25, 0.3) is 0 Å². The Hall–Kier alpha value is -0.860. The van der Waals surface area contributed by atoms with E-state index in [1.165, 1.54) is 57.3 Å². The molecule has 1 aliphatic carbocycles. The SMILES string of the molecule is CC(CNC(c1ccccc1)C1CC1)CN1CCCCC1. The Morgan fingerprint density at radius 2 is 1.81 bits per heavy atom. The fraction of sp³-hybridized carbons (Fsp3) is 0.684. The van der Waals surface area contributed by atoms with E-state index in [2.05, 4.69) is 47.5 Å². The number of rotatable bonds is 7. The molecule has 0 radical (unpaired) electrons. The van der Waals surface area contributed by atoms with Crippen LogP contribution in [0.3, 0.4) is 0 Å². The molecule has 21 heavy (non-hydrogen) atoms. The molecule has 1 heterocycles. The Morgan fingerprint density at radius 1 is 1.10 bits per heavy atom. The van der Waals surface area contributed by atoms with E-state index in [0.717, 1.165) is 18.4 Å². The summed E-state index contributed by atoms with van der Waals surface area (Å²) in [5.74, 6) is 1.61. The van der Waals surface area contributed by atoms with Crippen molar-refractivity contribution in [3.05, 3.63) is 35.9 Å². The van der Waals surface area contributed by atoms with Crippen molar-refractivity contribution >= 4 is 0 Å². The minimum Gasteiger partial charge on any atom is -0.309 e. The monoisotopic (exact) mass is 286 g/mol. The molecule has 2 unspecified atom stereocenters. The van der Waals surface area contributed by atoms with E-state index >= 15 is 0 Å². The Kier molecular flexibility index (Phi) is 5.32. The summed E-state index contributed by atoms with van der Waals surface area (Å²) in [7, 11) is 0. The third-order valence-electron chi connectivity index (χ3n) is 4.96. The van der Waals surface area contributed by atoms with Crippen molar-refractivity contribution < 1.29 is 0 Å². The summed E-state index contributed by atoms with van der Waals surface area (Å²) < 4.78 is 0. The molecule has 0 amide bonds. The largest absolute Gasteiger partial charge is 0.309 e. The summed E-state index contributed by atoms with van der Waals surface area (Å²) in [5, 5.41) is 3.86. The van der Waals surface area contributed by atoms with E-state index < -0.39 is 0 Å². The van der Waals surface area contributed by atoms with Gasteiger partial charge in [-0.2, -0.15) is 0 Å². The molecular weight excluding hydrogens is 256 g/mol. The summed E-state index contributed by atoms with van der Waals surface area (Å²) in [6.07, 6.45) is 7.02. The van der Waals surface area contributed by atoms with E-state index in [4.69, 9.17) is 0 Å². The van der Waals surface area contributed by atoms with Gasteiger partial charge in [0, 0.05) is 12.6 Å². The molecule has 0 aromatic heterocycles. The molecule has 1 aromatic rings. The maximum Gasteiger partial charge on any atom is 0.0348 e. The number of hydrogen-bond acceptors (Lipinski definition) is 2. The number of likely N-dealkylation sites (tertiary alicyclic amines) is 1. The van der Waals surface area contributed by atoms with Crippen molar-refractivity contribution in [1.82, 2.24) is 10.2 Å². The lowest BCUT2D eigenvalue weighted by molar-refractivity contribution is 0.196. The second-order valence-corrected chi connectivity index (χ2v) is 7.10. The zero-order chi connectivity index (χ0) is 14.5. The predicted molar refractivity (Wildman–Crippen MR) is 89.4 cm³/mol. The molecule has 1 saturated heterocycles. The van der Waals surface area contributed by atoms with Gasteiger partial charge in [0.25, 0.3) is 0 Å². The van der Waals surface area contributed by atoms with Crippen LogP contribution in [0.5, 0.6) is 0 Å². The Labute approximate surface area is 129 Å². The highest BCUT2D eigenvalue weighted by molar-refractivity contribution is 5.21. The lowest BCUT2D eigenvalue weighted by Gasteiger charge is -2.30. The zero-order valence-corrected chi connectivity index (χ0v) is 13.4. The fourth-order valence-electron chi connectivity index (χ4n) is 3.62. The topological polar surface area (TPSA) is 15.3 Å². The van der Waals surface area contributed by atoms with Gasteiger partial charge >= 0.3 is 0 Å². The second kappa shape index (κ2) is 7.42. The molecular formula is C19H30N2. The molecule has 3 rings (SSSR count). The molecule has 0 bridgehead atoms. The van der Waals surface area contributed by atoms with Crippen LogP contribution in [0.2, 0.25) is 0 Å². The Morgan fingerprint density at radius 3 is 2.48 bits per heavy atom. The Bertz CT molecular complexity index is 407. The number of benzene rings is 1. The molecule has 1 aromatic carbocycles. The van der Waals surface area contributed by atoms with Gasteiger partial charge in [-0.15, -0.1) is 0 Å². The Balaban J connectivity index is 1.47. The van der Waals surface area contributed by atoms with Crippen LogP contribution in [-0.4, -0.2) is 31.1 Å². The van der Waals surface area contributed by atoms with Gasteiger partial charge in [0.2, 0.25) is 0 Å². The van der Waals surface area contributed by atoms with Crippen LogP contribution in [-0.2, 0) is 0 Å². The van der Waals surface area contributed by atoms with Gasteiger partial charge in [-0.25, -0.2) is 0 Å². The number of nitrogens with zero attached hydrogens (tertiary/aromatic N) is 1. The van der Waals surface area contributed by atoms with E-state index in [1.807, 2.05) is 0 Å². The van der Waals surface area contributed by atoms with Crippen molar-refractivity contribution in [2.75, 3.05) is 26.2 Å². The van der Waals surface area contributed by atoms with Crippen molar-refractivity contribution in [1.29, 1.82) is 0 Å². The molecule has 2 fully saturated rings. The first-order chi connectivity index (χ1) is 10.3. The van der Waals surface area contributed by atoms with Crippen molar-refractivity contribution in [3.63, 3.8) is 0 Å². The summed E-state index contributed by atoms with van der Waals surface area (Å²) in [5.41, 5.74) is 1.48. The number of hydrogen-bond donors (Lipinski definition) is 1. The molecule has 116 valence electrons. The molecule has 0 spiro atoms. The minimum absolute atomic E-state index is 0.579. The third kappa shape index (κ3) is 4.55. The molecule has 2 heteroatoms. The molecule has 2 nitrogen and oxygen atoms in total. The summed E-state index contributed by atoms with van der Waals surface area (Å²) in [6, 6.07) is 11.6. The highest BCUT2D eigenvalue weighted by atomic mass is 15.1. The smallest absolute Gasteiger partial charge is 0.0348 e. The van der Waals surface area contributed by atoms with Gasteiger partial charge in [-0.05, 0) is 62.7 Å². The molecule has 1 saturated carbocycles. The second-order valence-electron chi connectivity index (χ2n) is 7.10. The van der Waals surface area contributed by atoms with Crippen molar-refractivity contribution in [2.45, 2.75) is 45.1 Å². The molecule has 1 aliphatic heterocycles. The van der Waals surface area contributed by atoms with Gasteiger partial charge < -0.3 is 10.2 Å². The van der Waals surface area contributed by atoms with Gasteiger partial charge in [-0.1, -0.05) is 43.7 Å². The first-order valence-corrected chi connectivity index (χ1v) is 8.83. The van der Waals surface area contributed by atoms with E-state index in [0.29, 0.717) is 6.04 Å². The van der Waals surface area contributed by atoms with Gasteiger partial charge in [0.15, 0.2) is 0 Å². The highest BCUT2D eigenvalue weighted by Crippen LogP contribution is 2.40. The van der Waals surface area contributed by atoms with Gasteiger partial charge in [-0.3, -0.25) is 0 Å². The minimum atomic E-state index is 0.579. The highest BCUT2D eigenvalue weighted by Gasteiger charge is 2.32. The van der Waals surface area contributed by atoms with Crippen LogP contribution < -0.4 is 5.32 Å². The normalized spacial score (nSPS) is 22.9. The number of nitrogens with one attached hydrogen (secondary N) is 1. The van der Waals surface area contributed by atoms with Crippen LogP contribution >= 0.6 is 0 Å². The molecule has 1 N–H and O–H groups in total. The average molecular weight is 286 g/mol. The lowest BCUT2D eigenvalue weighted by atomic mass is 10.0. The lowest BCUT2D eigenvalue weighted by Crippen LogP contribution is -2.37. The summed E-state index contributed by atoms with van der Waals surface area (Å²) in [4.78, 5) is 2.66. The standard InChI is InChI=1S/C19H30N2/c1-16(15-21-12-6-3-7-13-21)14-20-19(18-10-11-18)17-8-4-2-5-9-17/h2,4-5,8-9,16,18-20H,3,6-7,10-15H2,1H3. The first kappa shape index (κ1) is 15.1. The van der Waals surface area contributed by atoms with Crippen LogP contribution in [0.15, 0.2) is 30.3 Å². The molecule has 2 aliphatic rings. The quantitative estimate of drug-likeness (QED) is 0.819. The first-order valence-electron chi connectivity index (χ1n) is 8.83. The maximum atomic E-state index is 3.86. The number of piperidine rings is 1. The van der Waals surface area contributed by atoms with Crippen molar-refractivity contribution in [2.24, 2.45) is 11.8 Å². The summed E-state index contributed by atoms with van der Waals surface area (Å²) in [6.45, 7) is 7.44. The van der Waals surface area contributed by atoms with Gasteiger partial charge in [0.05, 0.1) is 0 Å². The zero-order valence-electron chi connectivity index (χ0n) is 13.4. The van der Waals surface area contributed by atoms with Crippen LogP contribution in [0.4, 0.5) is 0 Å². The van der Waals surface area contributed by atoms with Crippen LogP contribution in [0.1, 0.15) is 50.6 Å². The van der Waals surface area contributed by atoms with Crippen LogP contribution in [0, 0.1) is 11.8 Å². The van der Waals surface area contributed by atoms with E-state index in [9.17, 15) is 0 Å². The van der Waals surface area contributed by atoms with E-state index in [-0.39, 0.29) is 0 Å². The third-order valence-corrected chi connectivity index (χ3v) is 4.96. The van der Waals surface area contributed by atoms with Crippen molar-refractivity contribution in [3.8, 4) is 0 Å². The average Bonchev–Trinajstić information content (AvgIpc) is 3.34. The summed E-state index contributed by atoms with van der Waals surface area (Å²) >= 11 is 0. The fourth-order valence-corrected chi connectivity index (χ4v) is 3.62. The van der Waals surface area contributed by atoms with E-state index in [1.54, 1.807) is 0 Å².